The first-order valence-electron chi connectivity index (χ1n) is 11.2. The lowest BCUT2D eigenvalue weighted by atomic mass is 10.1. The maximum absolute atomic E-state index is 12.5. The van der Waals surface area contributed by atoms with Gasteiger partial charge in [-0.2, -0.15) is 0 Å². The fourth-order valence-corrected chi connectivity index (χ4v) is 4.31. The molecule has 0 spiro atoms. The fourth-order valence-electron chi connectivity index (χ4n) is 4.31. The number of anilines is 1. The normalized spacial score (nSPS) is 15.3. The van der Waals surface area contributed by atoms with E-state index in [0.717, 1.165) is 55.9 Å². The van der Waals surface area contributed by atoms with Crippen LogP contribution >= 0.6 is 0 Å². The van der Waals surface area contributed by atoms with Crippen molar-refractivity contribution in [2.75, 3.05) is 44.7 Å². The smallest absolute Gasteiger partial charge is 0.264 e. The summed E-state index contributed by atoms with van der Waals surface area (Å²) in [4.78, 5) is 42.2. The summed E-state index contributed by atoms with van der Waals surface area (Å²) in [7, 11) is 1.76. The third kappa shape index (κ3) is 4.39. The van der Waals surface area contributed by atoms with Gasteiger partial charge in [0.25, 0.3) is 17.7 Å². The minimum atomic E-state index is -0.190. The van der Waals surface area contributed by atoms with E-state index in [1.165, 1.54) is 4.90 Å². The van der Waals surface area contributed by atoms with Gasteiger partial charge in [-0.1, -0.05) is 25.1 Å². The molecule has 7 nitrogen and oxygen atoms in total. The Balaban J connectivity index is 1.31. The van der Waals surface area contributed by atoms with E-state index in [4.69, 9.17) is 4.74 Å². The third-order valence-corrected chi connectivity index (χ3v) is 6.10. The second kappa shape index (κ2) is 9.53. The van der Waals surface area contributed by atoms with Crippen molar-refractivity contribution in [3.63, 3.8) is 0 Å². The lowest BCUT2D eigenvalue weighted by Crippen LogP contribution is -2.35. The number of hydrogen-bond acceptors (Lipinski definition) is 5. The van der Waals surface area contributed by atoms with Crippen LogP contribution in [0.2, 0.25) is 0 Å². The molecule has 2 aromatic rings. The highest BCUT2D eigenvalue weighted by atomic mass is 16.5. The number of amides is 3. The van der Waals surface area contributed by atoms with Crippen molar-refractivity contribution in [2.24, 2.45) is 0 Å². The van der Waals surface area contributed by atoms with E-state index < -0.39 is 0 Å². The average molecular weight is 436 g/mol. The number of benzene rings is 2. The summed E-state index contributed by atoms with van der Waals surface area (Å²) in [5, 5.41) is 0. The van der Waals surface area contributed by atoms with Crippen LogP contribution in [-0.4, -0.2) is 67.4 Å². The van der Waals surface area contributed by atoms with Crippen LogP contribution in [0.3, 0.4) is 0 Å². The van der Waals surface area contributed by atoms with E-state index in [1.807, 2.05) is 18.2 Å². The lowest BCUT2D eigenvalue weighted by molar-refractivity contribution is -0.121. The summed E-state index contributed by atoms with van der Waals surface area (Å²) < 4.78 is 5.60. The molecule has 7 heteroatoms. The molecule has 2 heterocycles. The summed E-state index contributed by atoms with van der Waals surface area (Å²) >= 11 is 0. The molecular formula is C25H29N3O4. The minimum Gasteiger partial charge on any atom is -0.482 e. The fraction of sp³-hybridized carbons (Fsp3) is 0.400. The van der Waals surface area contributed by atoms with Gasteiger partial charge in [0.05, 0.1) is 16.8 Å². The quantitative estimate of drug-likeness (QED) is 0.567. The van der Waals surface area contributed by atoms with Gasteiger partial charge in [0.15, 0.2) is 6.61 Å². The molecule has 2 aromatic carbocycles. The molecule has 32 heavy (non-hydrogen) atoms. The minimum absolute atomic E-state index is 0.0440. The predicted octanol–water partition coefficient (Wildman–Crippen LogP) is 2.98. The molecule has 0 atom stereocenters. The van der Waals surface area contributed by atoms with E-state index in [2.05, 4.69) is 11.8 Å². The van der Waals surface area contributed by atoms with Gasteiger partial charge in [0.1, 0.15) is 5.75 Å². The van der Waals surface area contributed by atoms with Crippen molar-refractivity contribution in [3.8, 4) is 5.75 Å². The van der Waals surface area contributed by atoms with Crippen LogP contribution in [0.15, 0.2) is 42.5 Å². The maximum atomic E-state index is 12.5. The summed E-state index contributed by atoms with van der Waals surface area (Å²) in [6.07, 6.45) is 2.64. The maximum Gasteiger partial charge on any atom is 0.264 e. The largest absolute Gasteiger partial charge is 0.482 e. The molecule has 0 aromatic heterocycles. The highest BCUT2D eigenvalue weighted by Crippen LogP contribution is 2.32. The molecular weight excluding hydrogens is 406 g/mol. The average Bonchev–Trinajstić information content (AvgIpc) is 3.05. The Hall–Kier alpha value is -3.19. The number of carbonyl (C=O) groups is 3. The Morgan fingerprint density at radius 2 is 1.69 bits per heavy atom. The molecule has 0 radical (unpaired) electrons. The number of likely N-dealkylation sites (N-methyl/N-ethyl adjacent to an activating group) is 1. The van der Waals surface area contributed by atoms with Crippen molar-refractivity contribution in [3.05, 3.63) is 59.2 Å². The molecule has 2 aliphatic rings. The van der Waals surface area contributed by atoms with E-state index in [-0.39, 0.29) is 24.3 Å². The standard InChI is InChI=1S/C25H29N3O4/c1-3-12-27(13-6-14-28-24(30)19-7-4-5-8-20(19)25(28)31)15-11-18-9-10-21-22(16-18)32-17-23(29)26(21)2/h4-5,7-10,16H,3,6,11-15,17H2,1-2H3. The number of fused-ring (bicyclic) bond motifs is 2. The van der Waals surface area contributed by atoms with Gasteiger partial charge in [0, 0.05) is 20.1 Å². The topological polar surface area (TPSA) is 70.2 Å². The first-order valence-corrected chi connectivity index (χ1v) is 11.2. The van der Waals surface area contributed by atoms with Crippen molar-refractivity contribution >= 4 is 23.4 Å². The Morgan fingerprint density at radius 1 is 0.969 bits per heavy atom. The van der Waals surface area contributed by atoms with Crippen molar-refractivity contribution < 1.29 is 19.1 Å². The van der Waals surface area contributed by atoms with E-state index in [0.29, 0.717) is 17.7 Å². The third-order valence-electron chi connectivity index (χ3n) is 6.10. The number of imide groups is 1. The van der Waals surface area contributed by atoms with Gasteiger partial charge in [0.2, 0.25) is 0 Å². The highest BCUT2D eigenvalue weighted by Gasteiger charge is 2.34. The molecule has 0 saturated heterocycles. The monoisotopic (exact) mass is 435 g/mol. The second-order valence-electron chi connectivity index (χ2n) is 8.30. The van der Waals surface area contributed by atoms with Crippen molar-refractivity contribution in [1.29, 1.82) is 0 Å². The van der Waals surface area contributed by atoms with Crippen LogP contribution in [0.5, 0.6) is 5.75 Å². The molecule has 4 rings (SSSR count). The number of hydrogen-bond donors (Lipinski definition) is 0. The Labute approximate surface area is 188 Å². The number of nitrogens with zero attached hydrogens (tertiary/aromatic N) is 3. The SMILES string of the molecule is CCCN(CCCN1C(=O)c2ccccc2C1=O)CCc1ccc2c(c1)OCC(=O)N2C. The van der Waals surface area contributed by atoms with Crippen LogP contribution in [0, 0.1) is 0 Å². The van der Waals surface area contributed by atoms with E-state index in [9.17, 15) is 14.4 Å². The Bertz CT molecular complexity index is 1000. The first kappa shape index (κ1) is 22.0. The molecule has 0 unspecified atom stereocenters. The molecule has 0 saturated carbocycles. The van der Waals surface area contributed by atoms with Crippen LogP contribution in [0.4, 0.5) is 5.69 Å². The van der Waals surface area contributed by atoms with Crippen LogP contribution < -0.4 is 9.64 Å². The molecule has 3 amide bonds. The van der Waals surface area contributed by atoms with Gasteiger partial charge in [-0.05, 0) is 62.2 Å². The zero-order chi connectivity index (χ0) is 22.7. The van der Waals surface area contributed by atoms with Crippen LogP contribution in [0.1, 0.15) is 46.0 Å². The number of rotatable bonds is 9. The van der Waals surface area contributed by atoms with Crippen molar-refractivity contribution in [2.45, 2.75) is 26.2 Å². The number of carbonyl (C=O) groups excluding carboxylic acids is 3. The van der Waals surface area contributed by atoms with Crippen molar-refractivity contribution in [1.82, 2.24) is 9.80 Å². The summed E-state index contributed by atoms with van der Waals surface area (Å²) in [5.41, 5.74) is 2.97. The van der Waals surface area contributed by atoms with E-state index >= 15 is 0 Å². The summed E-state index contributed by atoms with van der Waals surface area (Å²) in [6.45, 7) is 5.31. The van der Waals surface area contributed by atoms with Crippen LogP contribution in [-0.2, 0) is 11.2 Å². The van der Waals surface area contributed by atoms with Crippen LogP contribution in [0.25, 0.3) is 0 Å². The zero-order valence-corrected chi connectivity index (χ0v) is 18.7. The molecule has 0 aliphatic carbocycles. The van der Waals surface area contributed by atoms with Gasteiger partial charge < -0.3 is 14.5 Å². The first-order chi connectivity index (χ1) is 15.5. The molecule has 2 aliphatic heterocycles. The molecule has 168 valence electrons. The molecule has 0 fully saturated rings. The molecule has 0 bridgehead atoms. The Morgan fingerprint density at radius 3 is 2.38 bits per heavy atom. The van der Waals surface area contributed by atoms with Gasteiger partial charge in [-0.25, -0.2) is 0 Å². The molecule has 0 N–H and O–H groups in total. The zero-order valence-electron chi connectivity index (χ0n) is 18.7. The second-order valence-corrected chi connectivity index (χ2v) is 8.30. The van der Waals surface area contributed by atoms with Gasteiger partial charge >= 0.3 is 0 Å². The lowest BCUT2D eigenvalue weighted by Gasteiger charge is -2.27. The van der Waals surface area contributed by atoms with Gasteiger partial charge in [-0.3, -0.25) is 19.3 Å². The highest BCUT2D eigenvalue weighted by molar-refractivity contribution is 6.21. The summed E-state index contributed by atoms with van der Waals surface area (Å²) in [5.74, 6) is 0.324. The van der Waals surface area contributed by atoms with E-state index in [1.54, 1.807) is 36.2 Å². The number of ether oxygens (including phenoxy) is 1. The Kier molecular flexibility index (Phi) is 6.55. The summed E-state index contributed by atoms with van der Waals surface area (Å²) in [6, 6.07) is 13.0. The predicted molar refractivity (Wildman–Crippen MR) is 122 cm³/mol. The van der Waals surface area contributed by atoms with Gasteiger partial charge in [-0.15, -0.1) is 0 Å².